The molecule has 130 valence electrons. The lowest BCUT2D eigenvalue weighted by Crippen LogP contribution is -2.43. The van der Waals surface area contributed by atoms with Crippen molar-refractivity contribution >= 4 is 22.8 Å². The van der Waals surface area contributed by atoms with Crippen molar-refractivity contribution in [2.45, 2.75) is 25.9 Å². The number of carboxylic acid groups (broad SMARTS) is 1. The van der Waals surface area contributed by atoms with E-state index in [9.17, 15) is 14.7 Å². The maximum absolute atomic E-state index is 12.1. The number of hydrogen-bond acceptors (Lipinski definition) is 5. The normalized spacial score (nSPS) is 12.2. The first kappa shape index (κ1) is 16.6. The van der Waals surface area contributed by atoms with E-state index in [1.54, 1.807) is 6.92 Å². The zero-order valence-electron chi connectivity index (χ0n) is 13.9. The Labute approximate surface area is 143 Å². The molecule has 0 saturated heterocycles. The van der Waals surface area contributed by atoms with E-state index >= 15 is 0 Å². The van der Waals surface area contributed by atoms with Gasteiger partial charge in [0, 0.05) is 30.6 Å². The van der Waals surface area contributed by atoms with E-state index in [-0.39, 0.29) is 13.0 Å². The summed E-state index contributed by atoms with van der Waals surface area (Å²) in [5.74, 6) is -1.13. The summed E-state index contributed by atoms with van der Waals surface area (Å²) >= 11 is 0. The maximum atomic E-state index is 12.1. The molecule has 9 nitrogen and oxygen atoms in total. The van der Waals surface area contributed by atoms with Crippen LogP contribution in [0.4, 0.5) is 0 Å². The Morgan fingerprint density at radius 3 is 2.76 bits per heavy atom. The lowest BCUT2D eigenvalue weighted by molar-refractivity contribution is -0.141. The van der Waals surface area contributed by atoms with Gasteiger partial charge in [-0.25, -0.2) is 4.79 Å². The molecule has 3 aromatic rings. The van der Waals surface area contributed by atoms with Gasteiger partial charge >= 0.3 is 5.97 Å². The van der Waals surface area contributed by atoms with Gasteiger partial charge in [0.2, 0.25) is 5.91 Å². The highest BCUT2D eigenvalue weighted by Gasteiger charge is 2.22. The molecule has 2 aromatic heterocycles. The van der Waals surface area contributed by atoms with Crippen LogP contribution < -0.4 is 5.32 Å². The predicted octanol–water partition coefficient (Wildman–Crippen LogP) is 0.285. The van der Waals surface area contributed by atoms with Crippen molar-refractivity contribution < 1.29 is 14.7 Å². The summed E-state index contributed by atoms with van der Waals surface area (Å²) in [4.78, 5) is 24.8. The van der Waals surface area contributed by atoms with Crippen molar-refractivity contribution in [1.82, 2.24) is 30.1 Å². The third kappa shape index (κ3) is 3.65. The van der Waals surface area contributed by atoms with Crippen molar-refractivity contribution in [3.05, 3.63) is 41.9 Å². The van der Waals surface area contributed by atoms with Crippen molar-refractivity contribution in [1.29, 1.82) is 0 Å². The number of carbonyl (C=O) groups is 2. The molecule has 2 N–H and O–H groups in total. The number of nitrogens with one attached hydrogen (secondary N) is 1. The van der Waals surface area contributed by atoms with E-state index < -0.39 is 17.9 Å². The molecule has 1 aromatic carbocycles. The van der Waals surface area contributed by atoms with E-state index in [1.807, 2.05) is 42.1 Å². The van der Waals surface area contributed by atoms with Crippen LogP contribution in [0.25, 0.3) is 10.9 Å². The van der Waals surface area contributed by atoms with Crippen LogP contribution in [0.3, 0.4) is 0 Å². The van der Waals surface area contributed by atoms with Gasteiger partial charge in [0.25, 0.3) is 0 Å². The molecule has 0 aliphatic heterocycles. The van der Waals surface area contributed by atoms with E-state index in [0.29, 0.717) is 5.82 Å². The van der Waals surface area contributed by atoms with Gasteiger partial charge in [0.1, 0.15) is 12.6 Å². The monoisotopic (exact) mass is 342 g/mol. The summed E-state index contributed by atoms with van der Waals surface area (Å²) in [7, 11) is 1.90. The number of benzene rings is 1. The van der Waals surface area contributed by atoms with Crippen molar-refractivity contribution in [3.8, 4) is 0 Å². The molecule has 1 atom stereocenters. The number of aromatic nitrogens is 5. The molecule has 2 heterocycles. The minimum atomic E-state index is -1.09. The Bertz CT molecular complexity index is 929. The molecule has 25 heavy (non-hydrogen) atoms. The average Bonchev–Trinajstić information content (AvgIpc) is 3.11. The lowest BCUT2D eigenvalue weighted by Gasteiger charge is -2.14. The fourth-order valence-electron chi connectivity index (χ4n) is 2.77. The summed E-state index contributed by atoms with van der Waals surface area (Å²) in [5, 5.41) is 24.2. The molecule has 0 bridgehead atoms. The Morgan fingerprint density at radius 1 is 1.32 bits per heavy atom. The number of aliphatic carboxylic acids is 1. The van der Waals surface area contributed by atoms with Gasteiger partial charge in [-0.3, -0.25) is 4.79 Å². The topological polar surface area (TPSA) is 115 Å². The van der Waals surface area contributed by atoms with Gasteiger partial charge in [0.15, 0.2) is 5.82 Å². The number of carbonyl (C=O) groups excluding carboxylic acids is 1. The molecular weight excluding hydrogens is 324 g/mol. The molecular formula is C16H18N6O3. The number of carboxylic acids is 1. The van der Waals surface area contributed by atoms with Gasteiger partial charge in [-0.15, -0.1) is 10.2 Å². The number of hydrogen-bond donors (Lipinski definition) is 2. The highest BCUT2D eigenvalue weighted by molar-refractivity contribution is 5.87. The van der Waals surface area contributed by atoms with Crippen LogP contribution in [-0.4, -0.2) is 47.8 Å². The fourth-order valence-corrected chi connectivity index (χ4v) is 2.77. The van der Waals surface area contributed by atoms with E-state index in [1.165, 1.54) is 0 Å². The number of fused-ring (bicyclic) bond motifs is 1. The van der Waals surface area contributed by atoms with Gasteiger partial charge in [-0.1, -0.05) is 18.2 Å². The first-order chi connectivity index (χ1) is 11.9. The predicted molar refractivity (Wildman–Crippen MR) is 88.7 cm³/mol. The van der Waals surface area contributed by atoms with Gasteiger partial charge in [-0.05, 0) is 23.8 Å². The van der Waals surface area contributed by atoms with Crippen LogP contribution in [0.1, 0.15) is 11.4 Å². The number of amides is 1. The third-order valence-electron chi connectivity index (χ3n) is 3.87. The van der Waals surface area contributed by atoms with Crippen molar-refractivity contribution in [2.75, 3.05) is 0 Å². The number of tetrazole rings is 1. The molecule has 9 heteroatoms. The van der Waals surface area contributed by atoms with Gasteiger partial charge in [-0.2, -0.15) is 4.80 Å². The van der Waals surface area contributed by atoms with Crippen LogP contribution in [0.5, 0.6) is 0 Å². The zero-order chi connectivity index (χ0) is 18.0. The average molecular weight is 342 g/mol. The summed E-state index contributed by atoms with van der Waals surface area (Å²) in [6.45, 7) is 1.47. The minimum Gasteiger partial charge on any atom is -0.480 e. The second kappa shape index (κ2) is 6.71. The molecule has 0 aliphatic rings. The van der Waals surface area contributed by atoms with Crippen LogP contribution in [0.2, 0.25) is 0 Å². The number of rotatable bonds is 6. The smallest absolute Gasteiger partial charge is 0.326 e. The third-order valence-corrected chi connectivity index (χ3v) is 3.87. The van der Waals surface area contributed by atoms with Crippen molar-refractivity contribution in [3.63, 3.8) is 0 Å². The molecule has 1 amide bonds. The minimum absolute atomic E-state index is 0.180. The number of para-hydroxylation sites is 1. The van der Waals surface area contributed by atoms with Crippen LogP contribution in [0, 0.1) is 6.92 Å². The summed E-state index contributed by atoms with van der Waals surface area (Å²) in [5.41, 5.74) is 1.87. The summed E-state index contributed by atoms with van der Waals surface area (Å²) in [6.07, 6.45) is 2.07. The molecule has 0 radical (unpaired) electrons. The second-order valence-electron chi connectivity index (χ2n) is 5.81. The Kier molecular flexibility index (Phi) is 4.46. The second-order valence-corrected chi connectivity index (χ2v) is 5.81. The number of nitrogens with zero attached hydrogens (tertiary/aromatic N) is 5. The standard InChI is InChI=1S/C16H18N6O3/c1-10-18-20-22(19-10)9-15(23)17-13(16(24)25)7-11-8-21(2)14-6-4-3-5-12(11)14/h3-6,8,13H,7,9H2,1-2H3,(H,17,23)(H,24,25)/t13-/m0/s1. The Balaban J connectivity index is 1.74. The maximum Gasteiger partial charge on any atom is 0.326 e. The first-order valence-corrected chi connectivity index (χ1v) is 7.73. The van der Waals surface area contributed by atoms with Gasteiger partial charge < -0.3 is 15.0 Å². The van der Waals surface area contributed by atoms with E-state index in [4.69, 9.17) is 0 Å². The molecule has 0 unspecified atom stereocenters. The van der Waals surface area contributed by atoms with Crippen LogP contribution in [-0.2, 0) is 29.6 Å². The van der Waals surface area contributed by atoms with Crippen LogP contribution >= 0.6 is 0 Å². The zero-order valence-corrected chi connectivity index (χ0v) is 13.9. The Hall–Kier alpha value is -3.23. The van der Waals surface area contributed by atoms with E-state index in [2.05, 4.69) is 20.7 Å². The quantitative estimate of drug-likeness (QED) is 0.665. The summed E-state index contributed by atoms with van der Waals surface area (Å²) in [6, 6.07) is 6.69. The first-order valence-electron chi connectivity index (χ1n) is 7.73. The fraction of sp³-hybridized carbons (Fsp3) is 0.312. The highest BCUT2D eigenvalue weighted by atomic mass is 16.4. The SMILES string of the molecule is Cc1nnn(CC(=O)N[C@@H](Cc2cn(C)c3ccccc23)C(=O)O)n1. The Morgan fingerprint density at radius 2 is 2.08 bits per heavy atom. The summed E-state index contributed by atoms with van der Waals surface area (Å²) < 4.78 is 1.94. The molecule has 0 spiro atoms. The molecule has 0 aliphatic carbocycles. The van der Waals surface area contributed by atoms with E-state index in [0.717, 1.165) is 21.3 Å². The molecule has 0 fully saturated rings. The lowest BCUT2D eigenvalue weighted by atomic mass is 10.1. The van der Waals surface area contributed by atoms with Crippen LogP contribution in [0.15, 0.2) is 30.5 Å². The van der Waals surface area contributed by atoms with Crippen molar-refractivity contribution in [2.24, 2.45) is 7.05 Å². The largest absolute Gasteiger partial charge is 0.480 e. The number of aryl methyl sites for hydroxylation is 2. The highest BCUT2D eigenvalue weighted by Crippen LogP contribution is 2.21. The molecule has 3 rings (SSSR count). The van der Waals surface area contributed by atoms with Gasteiger partial charge in [0.05, 0.1) is 0 Å². The molecule has 0 saturated carbocycles.